The first-order valence-electron chi connectivity index (χ1n) is 14.0. The molecule has 17 heteroatoms. The summed E-state index contributed by atoms with van der Waals surface area (Å²) in [5.74, 6) is -2.71. The molecule has 2 aromatic heterocycles. The molecule has 2 aromatic carbocycles. The number of amides is 8. The molecule has 4 aromatic rings. The van der Waals surface area contributed by atoms with Gasteiger partial charge in [-0.3, -0.25) is 29.7 Å². The lowest BCUT2D eigenvalue weighted by Gasteiger charge is -2.26. The number of H-pyrrole nitrogens is 1. The largest absolute Gasteiger partial charge is 0.494 e. The number of primary amides is 2. The molecule has 0 unspecified atom stereocenters. The normalized spacial score (nSPS) is 14.2. The average molecular weight is 664 g/mol. The molecular formula is C32H25N9O8. The molecule has 1 aliphatic rings. The van der Waals surface area contributed by atoms with Gasteiger partial charge < -0.3 is 27.2 Å². The molecule has 1 fully saturated rings. The number of anilines is 3. The number of imide groups is 2. The van der Waals surface area contributed by atoms with Gasteiger partial charge in [-0.2, -0.15) is 0 Å². The van der Waals surface area contributed by atoms with Gasteiger partial charge in [-0.05, 0) is 71.8 Å². The fourth-order valence-electron chi connectivity index (χ4n) is 4.70. The number of nitrogens with zero attached hydrogens (tertiary/aromatic N) is 3. The van der Waals surface area contributed by atoms with Crippen LogP contribution in [-0.4, -0.2) is 49.5 Å². The Balaban J connectivity index is 1.55. The van der Waals surface area contributed by atoms with Crippen LogP contribution in [0.1, 0.15) is 11.1 Å². The molecule has 3 heterocycles. The van der Waals surface area contributed by atoms with Gasteiger partial charge in [-0.15, -0.1) is 0 Å². The third-order valence-electron chi connectivity index (χ3n) is 6.84. The fraction of sp³-hybridized carbons (Fsp3) is 0. The van der Waals surface area contributed by atoms with Crippen molar-refractivity contribution in [2.24, 2.45) is 11.5 Å². The quantitative estimate of drug-likeness (QED) is 0.0823. The molecule has 246 valence electrons. The van der Waals surface area contributed by atoms with Gasteiger partial charge in [-0.25, -0.2) is 28.6 Å². The van der Waals surface area contributed by atoms with Crippen molar-refractivity contribution in [3.05, 3.63) is 129 Å². The lowest BCUT2D eigenvalue weighted by molar-refractivity contribution is -0.122. The Labute approximate surface area is 274 Å². The summed E-state index contributed by atoms with van der Waals surface area (Å²) in [7, 11) is 0. The minimum Gasteiger partial charge on any atom is -0.494 e. The molecule has 0 spiro atoms. The van der Waals surface area contributed by atoms with Crippen molar-refractivity contribution in [1.29, 1.82) is 0 Å². The van der Waals surface area contributed by atoms with Crippen LogP contribution in [0.2, 0.25) is 0 Å². The van der Waals surface area contributed by atoms with E-state index in [9.17, 15) is 38.7 Å². The van der Waals surface area contributed by atoms with Crippen LogP contribution < -0.4 is 43.6 Å². The van der Waals surface area contributed by atoms with Gasteiger partial charge in [0, 0.05) is 23.8 Å². The van der Waals surface area contributed by atoms with E-state index in [4.69, 9.17) is 11.5 Å². The van der Waals surface area contributed by atoms with Crippen LogP contribution in [-0.2, 0) is 9.59 Å². The predicted octanol–water partition coefficient (Wildman–Crippen LogP) is 1.91. The standard InChI is InChI=1S/C32H25N9O8/c33-29(46)36-19-3-1-5-21(15-19)40-27(44)23(25(42)38-31(40)48)9-7-17(18-11-13-35-14-12-18)8-10-24-26(43)39-32(49)41(28(24)45)22-6-2-4-20(16-22)37-30(34)47/h1-16,42H,(H,38,48)(H3,33,36,46)(H3,34,37,47)(H,39,43,49). The number of barbiturate groups is 1. The Bertz CT molecular complexity index is 2240. The second-order valence-corrected chi connectivity index (χ2v) is 10.1. The van der Waals surface area contributed by atoms with Crippen LogP contribution in [0.4, 0.5) is 31.4 Å². The van der Waals surface area contributed by atoms with Crippen molar-refractivity contribution in [3.63, 3.8) is 0 Å². The van der Waals surface area contributed by atoms with Gasteiger partial charge in [0.2, 0.25) is 5.88 Å². The number of aromatic amines is 1. The number of hydrogen-bond donors (Lipinski definition) is 7. The SMILES string of the molecule is NC(=O)Nc1cccc(N2C(=O)NC(=O)C(=CC=C(C=Cc3c(O)[nH]c(=O)n(-c4cccc(NC(N)=O)c4)c3=O)c3ccncc3)C2=O)c1. The number of urea groups is 3. The van der Waals surface area contributed by atoms with Gasteiger partial charge in [0.25, 0.3) is 17.4 Å². The molecule has 1 saturated heterocycles. The molecule has 8 amide bonds. The zero-order chi connectivity index (χ0) is 35.2. The molecular weight excluding hydrogens is 638 g/mol. The third kappa shape index (κ3) is 7.31. The fourth-order valence-corrected chi connectivity index (χ4v) is 4.70. The number of benzene rings is 2. The van der Waals surface area contributed by atoms with E-state index in [2.05, 4.69) is 25.9 Å². The van der Waals surface area contributed by atoms with Gasteiger partial charge in [-0.1, -0.05) is 24.3 Å². The summed E-state index contributed by atoms with van der Waals surface area (Å²) in [5.41, 5.74) is 8.93. The first-order chi connectivity index (χ1) is 23.4. The van der Waals surface area contributed by atoms with Crippen LogP contribution in [0.3, 0.4) is 0 Å². The number of allylic oxidation sites excluding steroid dienone is 4. The number of rotatable bonds is 8. The van der Waals surface area contributed by atoms with Crippen molar-refractivity contribution in [3.8, 4) is 11.6 Å². The summed E-state index contributed by atoms with van der Waals surface area (Å²) < 4.78 is 0.730. The third-order valence-corrected chi connectivity index (χ3v) is 6.84. The Hall–Kier alpha value is -7.56. The molecule has 9 N–H and O–H groups in total. The first kappa shape index (κ1) is 32.8. The van der Waals surface area contributed by atoms with E-state index in [0.29, 0.717) is 16.0 Å². The lowest BCUT2D eigenvalue weighted by Crippen LogP contribution is -2.54. The number of aromatic hydroxyl groups is 1. The summed E-state index contributed by atoms with van der Waals surface area (Å²) in [4.78, 5) is 94.6. The monoisotopic (exact) mass is 663 g/mol. The Kier molecular flexibility index (Phi) is 9.26. The number of nitrogens with one attached hydrogen (secondary N) is 4. The smallest absolute Gasteiger partial charge is 0.335 e. The minimum atomic E-state index is -1.03. The van der Waals surface area contributed by atoms with Crippen LogP contribution >= 0.6 is 0 Å². The van der Waals surface area contributed by atoms with Crippen molar-refractivity contribution in [2.75, 3.05) is 15.5 Å². The van der Waals surface area contributed by atoms with Crippen molar-refractivity contribution < 1.29 is 29.1 Å². The van der Waals surface area contributed by atoms with E-state index in [1.807, 2.05) is 0 Å². The lowest BCUT2D eigenvalue weighted by atomic mass is 10.0. The highest BCUT2D eigenvalue weighted by atomic mass is 16.3. The van der Waals surface area contributed by atoms with E-state index in [1.165, 1.54) is 79.2 Å². The zero-order valence-electron chi connectivity index (χ0n) is 25.0. The highest BCUT2D eigenvalue weighted by molar-refractivity contribution is 6.37. The van der Waals surface area contributed by atoms with Gasteiger partial charge in [0.15, 0.2) is 0 Å². The van der Waals surface area contributed by atoms with E-state index < -0.39 is 52.6 Å². The van der Waals surface area contributed by atoms with Crippen molar-refractivity contribution in [2.45, 2.75) is 0 Å². The maximum absolute atomic E-state index is 13.5. The van der Waals surface area contributed by atoms with Crippen LogP contribution in [0, 0.1) is 0 Å². The minimum absolute atomic E-state index is 0.0335. The topological polar surface area (TPSA) is 265 Å². The van der Waals surface area contributed by atoms with E-state index in [1.54, 1.807) is 12.1 Å². The van der Waals surface area contributed by atoms with Crippen LogP contribution in [0.25, 0.3) is 17.3 Å². The highest BCUT2D eigenvalue weighted by Gasteiger charge is 2.36. The number of carbonyl (C=O) groups excluding carboxylic acids is 5. The van der Waals surface area contributed by atoms with Gasteiger partial charge in [0.1, 0.15) is 11.1 Å². The summed E-state index contributed by atoms with van der Waals surface area (Å²) in [6.45, 7) is 0. The van der Waals surface area contributed by atoms with E-state index >= 15 is 0 Å². The zero-order valence-corrected chi connectivity index (χ0v) is 25.0. The summed E-state index contributed by atoms with van der Waals surface area (Å²) in [5, 5.41) is 17.3. The average Bonchev–Trinajstić information content (AvgIpc) is 3.03. The van der Waals surface area contributed by atoms with Gasteiger partial charge >= 0.3 is 23.8 Å². The van der Waals surface area contributed by atoms with Crippen LogP contribution in [0.15, 0.2) is 106 Å². The summed E-state index contributed by atoms with van der Waals surface area (Å²) in [6.07, 6.45) is 8.03. The molecule has 0 atom stereocenters. The molecule has 1 aliphatic heterocycles. The predicted molar refractivity (Wildman–Crippen MR) is 178 cm³/mol. The van der Waals surface area contributed by atoms with Crippen LogP contribution in [0.5, 0.6) is 5.88 Å². The number of nitrogens with two attached hydrogens (primary N) is 2. The molecule has 17 nitrogen and oxygen atoms in total. The summed E-state index contributed by atoms with van der Waals surface area (Å²) >= 11 is 0. The number of pyridine rings is 1. The highest BCUT2D eigenvalue weighted by Crippen LogP contribution is 2.25. The maximum atomic E-state index is 13.5. The Morgan fingerprint density at radius 1 is 0.857 bits per heavy atom. The Morgan fingerprint density at radius 3 is 2.10 bits per heavy atom. The first-order valence-corrected chi connectivity index (χ1v) is 14.0. The Morgan fingerprint density at radius 2 is 1.47 bits per heavy atom. The van der Waals surface area contributed by atoms with E-state index in [-0.39, 0.29) is 28.3 Å². The second kappa shape index (κ2) is 13.8. The number of aromatic nitrogens is 3. The molecule has 5 rings (SSSR count). The molecule has 0 aliphatic carbocycles. The second-order valence-electron chi connectivity index (χ2n) is 10.1. The van der Waals surface area contributed by atoms with Crippen molar-refractivity contribution >= 4 is 58.6 Å². The summed E-state index contributed by atoms with van der Waals surface area (Å²) in [6, 6.07) is 11.8. The molecule has 0 saturated carbocycles. The molecule has 0 radical (unpaired) electrons. The molecule has 49 heavy (non-hydrogen) atoms. The van der Waals surface area contributed by atoms with Crippen molar-refractivity contribution in [1.82, 2.24) is 19.9 Å². The van der Waals surface area contributed by atoms with E-state index in [0.717, 1.165) is 10.6 Å². The number of hydrogen-bond acceptors (Lipinski definition) is 9. The number of carbonyl (C=O) groups is 5. The maximum Gasteiger partial charge on any atom is 0.335 e. The molecule has 0 bridgehead atoms. The van der Waals surface area contributed by atoms with Gasteiger partial charge in [0.05, 0.1) is 11.4 Å².